The Morgan fingerprint density at radius 2 is 0.879 bits per heavy atom. The van der Waals surface area contributed by atoms with Crippen LogP contribution in [0.25, 0.3) is 10.9 Å². The molecule has 3 aromatic rings. The lowest BCUT2D eigenvalue weighted by molar-refractivity contribution is -0.146. The van der Waals surface area contributed by atoms with E-state index in [0.29, 0.717) is 28.5 Å². The zero-order valence-electron chi connectivity index (χ0n) is 66.9. The first-order valence-corrected chi connectivity index (χ1v) is 38.4. The summed E-state index contributed by atoms with van der Waals surface area (Å²) in [7, 11) is 0. The maximum atomic E-state index is 15.0. The lowest BCUT2D eigenvalue weighted by Crippen LogP contribution is -2.62. The van der Waals surface area contributed by atoms with Crippen LogP contribution in [0.3, 0.4) is 0 Å². The van der Waals surface area contributed by atoms with Crippen molar-refractivity contribution in [3.05, 3.63) is 71.9 Å². The summed E-state index contributed by atoms with van der Waals surface area (Å²) in [4.78, 5) is 238. The molecule has 3 rings (SSSR count). The third-order valence-electron chi connectivity index (χ3n) is 18.6. The summed E-state index contributed by atoms with van der Waals surface area (Å²) in [6, 6.07) is -3.33. The quantitative estimate of drug-likeness (QED) is 0.0157. The van der Waals surface area contributed by atoms with Crippen LogP contribution in [0.4, 0.5) is 0 Å². The molecule has 0 radical (unpaired) electrons. The Labute approximate surface area is 671 Å². The summed E-state index contributed by atoms with van der Waals surface area (Å²) >= 11 is 0. The van der Waals surface area contributed by atoms with Crippen molar-refractivity contribution in [2.45, 2.75) is 250 Å². The maximum absolute atomic E-state index is 15.0. The number of benzene rings is 2. The Morgan fingerprint density at radius 1 is 0.457 bits per heavy atom. The van der Waals surface area contributed by atoms with Crippen molar-refractivity contribution in [2.75, 3.05) is 13.1 Å². The van der Waals surface area contributed by atoms with E-state index in [4.69, 9.17) is 33.8 Å². The van der Waals surface area contributed by atoms with E-state index in [1.54, 1.807) is 102 Å². The van der Waals surface area contributed by atoms with Crippen LogP contribution < -0.4 is 92.5 Å². The van der Waals surface area contributed by atoms with Crippen molar-refractivity contribution >= 4 is 118 Å². The fourth-order valence-corrected chi connectivity index (χ4v) is 11.9. The molecule has 40 heteroatoms. The summed E-state index contributed by atoms with van der Waals surface area (Å²) in [6.45, 7) is 14.1. The van der Waals surface area contributed by atoms with Gasteiger partial charge in [-0.1, -0.05) is 96.5 Å². The monoisotopic (exact) mass is 1630 g/mol. The van der Waals surface area contributed by atoms with Crippen LogP contribution >= 0.6 is 0 Å². The molecular formula is C76H117N19O21. The van der Waals surface area contributed by atoms with Crippen molar-refractivity contribution in [2.24, 2.45) is 51.4 Å². The minimum atomic E-state index is -1.76. The fourth-order valence-electron chi connectivity index (χ4n) is 11.9. The average molecular weight is 1630 g/mol. The van der Waals surface area contributed by atoms with E-state index in [-0.39, 0.29) is 88.7 Å². The highest BCUT2D eigenvalue weighted by molar-refractivity contribution is 6.01. The van der Waals surface area contributed by atoms with Gasteiger partial charge in [0.1, 0.15) is 72.0 Å². The van der Waals surface area contributed by atoms with Gasteiger partial charge in [0.2, 0.25) is 76.8 Å². The van der Waals surface area contributed by atoms with Crippen molar-refractivity contribution in [3.63, 3.8) is 0 Å². The van der Waals surface area contributed by atoms with Crippen molar-refractivity contribution in [3.8, 4) is 0 Å². The first kappa shape index (κ1) is 98.4. The fraction of sp³-hybridized carbons (Fsp3) is 0.579. The van der Waals surface area contributed by atoms with Crippen LogP contribution in [-0.4, -0.2) is 223 Å². The number of rotatable bonds is 54. The molecule has 0 bridgehead atoms. The van der Waals surface area contributed by atoms with E-state index < -0.39 is 230 Å². The van der Waals surface area contributed by atoms with E-state index in [1.165, 1.54) is 20.8 Å². The van der Waals surface area contributed by atoms with Gasteiger partial charge >= 0.3 is 23.9 Å². The van der Waals surface area contributed by atoms with Gasteiger partial charge in [-0.25, -0.2) is 4.79 Å². The van der Waals surface area contributed by atoms with Gasteiger partial charge in [-0.05, 0) is 126 Å². The molecule has 116 heavy (non-hydrogen) atoms. The van der Waals surface area contributed by atoms with E-state index in [1.807, 2.05) is 0 Å². The summed E-state index contributed by atoms with van der Waals surface area (Å²) in [5.74, 6) is -20.1. The van der Waals surface area contributed by atoms with E-state index >= 15 is 0 Å². The highest BCUT2D eigenvalue weighted by Crippen LogP contribution is 2.21. The number of hydrogen-bond donors (Lipinski definition) is 22. The number of nitrogens with two attached hydrogens (primary N) is 5. The average Bonchev–Trinajstić information content (AvgIpc) is 1.56. The molecule has 1 aromatic heterocycles. The lowest BCUT2D eigenvalue weighted by Gasteiger charge is -2.30. The van der Waals surface area contributed by atoms with Crippen molar-refractivity contribution in [1.82, 2.24) is 68.8 Å². The number of guanidine groups is 1. The minimum absolute atomic E-state index is 0.00995. The first-order valence-electron chi connectivity index (χ1n) is 38.4. The molecule has 40 nitrogen and oxygen atoms in total. The highest BCUT2D eigenvalue weighted by atomic mass is 16.4. The third kappa shape index (κ3) is 35.3. The number of carbonyl (C=O) groups excluding carboxylic acids is 13. The van der Waals surface area contributed by atoms with E-state index in [2.05, 4.69) is 73.8 Å². The standard InChI is InChI=1S/C76H117N19O21/c1-10-41(6)61(73(114)89-52(27-30-59(99)100)68(109)93-56(36-44-38-83-47-22-15-14-21-45(44)47)70(111)91-54(34-40(4)5)72(113)95-76(8,9)74(115)116)94-71(112)55(35-43-19-12-11-13-20-43)92-69(110)53(33-39(2)3)90-65(106)48(23-16-17-31-77)85-62(103)42(7)84-64(105)49(24-18-32-82-75(80)81)87-66(107)50(25-28-57(79)96)88-67(108)51(26-29-58(97)98)86-63(104)46(78)37-60(101)102/h11-15,19-22,38-42,46,48-56,61,83H,10,16-18,23-37,77-78H2,1-9H3,(H2,79,96)(H,84,105)(H,85,103)(H,86,104)(H,87,107)(H,88,108)(H,89,114)(H,90,106)(H,91,111)(H,92,110)(H,93,109)(H,94,112)(H,95,113)(H,97,98)(H,99,100)(H,101,102)(H,115,116)(H4,80,81,82)/t41-,42-,46-,48-,49-,50-,51-,52-,53-,54-,55-,56-,61-/m0/s1. The Bertz CT molecular complexity index is 3920. The summed E-state index contributed by atoms with van der Waals surface area (Å²) < 4.78 is 0. The lowest BCUT2D eigenvalue weighted by atomic mass is 9.96. The summed E-state index contributed by atoms with van der Waals surface area (Å²) in [6.07, 6.45) is -2.93. The van der Waals surface area contributed by atoms with E-state index in [0.717, 1.165) is 0 Å². The normalized spacial score (nSPS) is 14.7. The van der Waals surface area contributed by atoms with Gasteiger partial charge in [0.25, 0.3) is 0 Å². The molecule has 0 aliphatic heterocycles. The molecule has 13 amide bonds. The van der Waals surface area contributed by atoms with Gasteiger partial charge in [0.15, 0.2) is 5.96 Å². The molecule has 0 aliphatic carbocycles. The Balaban J connectivity index is 2.01. The summed E-state index contributed by atoms with van der Waals surface area (Å²) in [5, 5.41) is 69.5. The van der Waals surface area contributed by atoms with Crippen molar-refractivity contribution in [1.29, 1.82) is 0 Å². The predicted octanol–water partition coefficient (Wildman–Crippen LogP) is -2.60. The summed E-state index contributed by atoms with van der Waals surface area (Å²) in [5.41, 5.74) is 27.9. The van der Waals surface area contributed by atoms with E-state index in [9.17, 15) is 96.8 Å². The number of unbranched alkanes of at least 4 members (excludes halogenated alkanes) is 1. The number of aliphatic carboxylic acids is 4. The van der Waals surface area contributed by atoms with Gasteiger partial charge in [-0.15, -0.1) is 0 Å². The minimum Gasteiger partial charge on any atom is -0.481 e. The van der Waals surface area contributed by atoms with Crippen LogP contribution in [-0.2, 0) is 94.3 Å². The molecule has 0 saturated heterocycles. The van der Waals surface area contributed by atoms with Crippen LogP contribution in [0.5, 0.6) is 0 Å². The smallest absolute Gasteiger partial charge is 0.328 e. The number of nitrogens with one attached hydrogen (secondary N) is 13. The molecule has 1 heterocycles. The number of carboxylic acid groups (broad SMARTS) is 4. The molecule has 2 aromatic carbocycles. The SMILES string of the molecule is CC[C@H](C)[C@H](NC(=O)[C@H](Cc1ccccc1)NC(=O)[C@H](CC(C)C)NC(=O)[C@H](CCCCN)NC(=O)[C@H](C)NC(=O)[C@H](CCCN=C(N)N)NC(=O)[C@H](CCC(N)=O)NC(=O)[C@H](CCC(=O)O)NC(=O)[C@@H](N)CC(=O)O)C(=O)N[C@@H](CCC(=O)O)C(=O)N[C@@H](Cc1c[nH]c2ccccc12)C(=O)N[C@@H](CC(C)C)C(=O)NC(C)(C)C(=O)O. The Hall–Kier alpha value is -11.8. The number of amides is 13. The van der Waals surface area contributed by atoms with Crippen LogP contribution in [0.1, 0.15) is 170 Å². The second-order valence-corrected chi connectivity index (χ2v) is 29.9. The maximum Gasteiger partial charge on any atom is 0.328 e. The number of carbonyl (C=O) groups is 17. The molecular weight excluding hydrogens is 1510 g/mol. The first-order chi connectivity index (χ1) is 54.5. The number of aromatic nitrogens is 1. The Kier molecular flexibility index (Phi) is 41.6. The number of H-pyrrole nitrogens is 1. The number of carboxylic acids is 4. The van der Waals surface area contributed by atoms with Crippen LogP contribution in [0.15, 0.2) is 65.8 Å². The van der Waals surface area contributed by atoms with Crippen LogP contribution in [0, 0.1) is 17.8 Å². The number of para-hydroxylation sites is 1. The van der Waals surface area contributed by atoms with Gasteiger partial charge < -0.3 is 118 Å². The molecule has 0 fully saturated rings. The number of primary amides is 1. The number of aromatic amines is 1. The van der Waals surface area contributed by atoms with Gasteiger partial charge in [0.05, 0.1) is 12.5 Å². The molecule has 27 N–H and O–H groups in total. The number of fused-ring (bicyclic) bond motifs is 1. The zero-order chi connectivity index (χ0) is 87.3. The predicted molar refractivity (Wildman–Crippen MR) is 422 cm³/mol. The number of aliphatic imine (C=N–C) groups is 1. The molecule has 0 unspecified atom stereocenters. The van der Waals surface area contributed by atoms with Crippen LogP contribution in [0.2, 0.25) is 0 Å². The third-order valence-corrected chi connectivity index (χ3v) is 18.6. The second kappa shape index (κ2) is 49.0. The topological polar surface area (TPSA) is 674 Å². The number of nitrogens with zero attached hydrogens (tertiary/aromatic N) is 1. The van der Waals surface area contributed by atoms with Crippen molar-refractivity contribution < 1.29 is 102 Å². The molecule has 0 aliphatic rings. The zero-order valence-corrected chi connectivity index (χ0v) is 66.9. The Morgan fingerprint density at radius 3 is 1.37 bits per heavy atom. The van der Waals surface area contributed by atoms with Gasteiger partial charge in [0, 0.05) is 55.7 Å². The second-order valence-electron chi connectivity index (χ2n) is 29.9. The van der Waals surface area contributed by atoms with Gasteiger partial charge in [-0.2, -0.15) is 0 Å². The molecule has 642 valence electrons. The molecule has 13 atom stereocenters. The largest absolute Gasteiger partial charge is 0.481 e. The van der Waals surface area contributed by atoms with Gasteiger partial charge in [-0.3, -0.25) is 81.7 Å². The molecule has 0 saturated carbocycles. The highest BCUT2D eigenvalue weighted by Gasteiger charge is 2.40. The molecule has 0 spiro atoms. The number of hydrogen-bond acceptors (Lipinski definition) is 20.